The summed E-state index contributed by atoms with van der Waals surface area (Å²) in [7, 11) is 0. The fourth-order valence-corrected chi connectivity index (χ4v) is 1.60. The molecule has 0 radical (unpaired) electrons. The molecule has 7 heteroatoms. The van der Waals surface area contributed by atoms with Gasteiger partial charge in [0.25, 0.3) is 0 Å². The number of aromatic carboxylic acids is 1. The van der Waals surface area contributed by atoms with E-state index in [0.717, 1.165) is 5.56 Å². The summed E-state index contributed by atoms with van der Waals surface area (Å²) in [6, 6.07) is 6.56. The highest BCUT2D eigenvalue weighted by atomic mass is 32.1. The summed E-state index contributed by atoms with van der Waals surface area (Å²) in [4.78, 5) is 21.3. The van der Waals surface area contributed by atoms with Crippen molar-refractivity contribution in [2.45, 2.75) is 13.5 Å². The van der Waals surface area contributed by atoms with Gasteiger partial charge in [-0.1, -0.05) is 12.1 Å². The van der Waals surface area contributed by atoms with Crippen LogP contribution in [0, 0.1) is 0 Å². The van der Waals surface area contributed by atoms with Gasteiger partial charge in [0.2, 0.25) is 5.91 Å². The second-order valence-corrected chi connectivity index (χ2v) is 4.50. The summed E-state index contributed by atoms with van der Waals surface area (Å²) in [6.07, 6.45) is 0. The van der Waals surface area contributed by atoms with Crippen molar-refractivity contribution in [2.24, 2.45) is 0 Å². The first-order chi connectivity index (χ1) is 9.49. The molecule has 0 heterocycles. The van der Waals surface area contributed by atoms with Crippen molar-refractivity contribution in [3.63, 3.8) is 0 Å². The van der Waals surface area contributed by atoms with Crippen LogP contribution in [0.25, 0.3) is 0 Å². The van der Waals surface area contributed by atoms with E-state index in [1.54, 1.807) is 24.3 Å². The van der Waals surface area contributed by atoms with Crippen LogP contribution in [0.4, 0.5) is 0 Å². The van der Waals surface area contributed by atoms with Crippen molar-refractivity contribution < 1.29 is 14.7 Å². The van der Waals surface area contributed by atoms with Crippen LogP contribution < -0.4 is 16.0 Å². The Labute approximate surface area is 122 Å². The molecule has 0 saturated carbocycles. The Morgan fingerprint density at radius 1 is 1.10 bits per heavy atom. The van der Waals surface area contributed by atoms with Crippen LogP contribution in [0.2, 0.25) is 0 Å². The standard InChI is InChI=1S/C13H17N3O3S/c1-9(17)14-6-7-15-13(20)16-8-10-2-4-11(5-3-10)12(18)19/h2-5H,6-8H2,1H3,(H,14,17)(H,18,19)(H2,15,16,20). The highest BCUT2D eigenvalue weighted by Gasteiger charge is 2.02. The van der Waals surface area contributed by atoms with Crippen molar-refractivity contribution in [3.8, 4) is 0 Å². The molecule has 0 atom stereocenters. The Bertz CT molecular complexity index is 488. The number of nitrogens with one attached hydrogen (secondary N) is 3. The maximum atomic E-state index is 10.7. The number of carboxylic acids is 1. The van der Waals surface area contributed by atoms with Crippen LogP contribution >= 0.6 is 12.2 Å². The molecule has 20 heavy (non-hydrogen) atoms. The maximum absolute atomic E-state index is 10.7. The topological polar surface area (TPSA) is 90.5 Å². The molecule has 6 nitrogen and oxygen atoms in total. The van der Waals surface area contributed by atoms with E-state index < -0.39 is 5.97 Å². The zero-order chi connectivity index (χ0) is 15.0. The maximum Gasteiger partial charge on any atom is 0.335 e. The lowest BCUT2D eigenvalue weighted by Crippen LogP contribution is -2.39. The summed E-state index contributed by atoms with van der Waals surface area (Å²) < 4.78 is 0. The first-order valence-electron chi connectivity index (χ1n) is 6.07. The summed E-state index contributed by atoms with van der Waals surface area (Å²) in [5.41, 5.74) is 1.19. The van der Waals surface area contributed by atoms with Crippen LogP contribution in [0.1, 0.15) is 22.8 Å². The molecule has 0 aromatic heterocycles. The molecule has 4 N–H and O–H groups in total. The zero-order valence-electron chi connectivity index (χ0n) is 11.1. The summed E-state index contributed by atoms with van der Waals surface area (Å²) in [6.45, 7) is 3.01. The van der Waals surface area contributed by atoms with E-state index in [0.29, 0.717) is 24.7 Å². The van der Waals surface area contributed by atoms with Gasteiger partial charge in [-0.2, -0.15) is 0 Å². The number of benzene rings is 1. The van der Waals surface area contributed by atoms with Gasteiger partial charge in [-0.15, -0.1) is 0 Å². The van der Waals surface area contributed by atoms with Crippen LogP contribution in [0.15, 0.2) is 24.3 Å². The molecule has 0 unspecified atom stereocenters. The van der Waals surface area contributed by atoms with Crippen molar-refractivity contribution in [1.29, 1.82) is 0 Å². The second-order valence-electron chi connectivity index (χ2n) is 4.09. The predicted molar refractivity (Wildman–Crippen MR) is 79.5 cm³/mol. The van der Waals surface area contributed by atoms with Gasteiger partial charge in [-0.05, 0) is 29.9 Å². The van der Waals surface area contributed by atoms with Crippen molar-refractivity contribution >= 4 is 29.2 Å². The Morgan fingerprint density at radius 2 is 1.70 bits per heavy atom. The van der Waals surface area contributed by atoms with Crippen LogP contribution in [0.3, 0.4) is 0 Å². The van der Waals surface area contributed by atoms with Crippen LogP contribution in [-0.4, -0.2) is 35.2 Å². The number of carbonyl (C=O) groups is 2. The van der Waals surface area contributed by atoms with Crippen molar-refractivity contribution in [2.75, 3.05) is 13.1 Å². The molecule has 0 aliphatic rings. The minimum absolute atomic E-state index is 0.0794. The number of amides is 1. The molecule has 1 aromatic carbocycles. The van der Waals surface area contributed by atoms with Gasteiger partial charge in [0.1, 0.15) is 0 Å². The molecular formula is C13H17N3O3S. The average molecular weight is 295 g/mol. The Kier molecular flexibility index (Phi) is 6.45. The lowest BCUT2D eigenvalue weighted by atomic mass is 10.1. The average Bonchev–Trinajstić information content (AvgIpc) is 2.41. The molecule has 0 saturated heterocycles. The minimum Gasteiger partial charge on any atom is -0.478 e. The Morgan fingerprint density at radius 3 is 2.25 bits per heavy atom. The van der Waals surface area contributed by atoms with E-state index in [-0.39, 0.29) is 11.5 Å². The molecule has 0 aliphatic heterocycles. The molecule has 108 valence electrons. The van der Waals surface area contributed by atoms with Crippen LogP contribution in [-0.2, 0) is 11.3 Å². The van der Waals surface area contributed by atoms with Gasteiger partial charge in [-0.3, -0.25) is 4.79 Å². The van der Waals surface area contributed by atoms with Gasteiger partial charge < -0.3 is 21.1 Å². The Balaban J connectivity index is 2.26. The molecule has 0 bridgehead atoms. The van der Waals surface area contributed by atoms with E-state index >= 15 is 0 Å². The minimum atomic E-state index is -0.945. The van der Waals surface area contributed by atoms with Gasteiger partial charge in [-0.25, -0.2) is 4.79 Å². The highest BCUT2D eigenvalue weighted by Crippen LogP contribution is 2.03. The van der Waals surface area contributed by atoms with Crippen molar-refractivity contribution in [3.05, 3.63) is 35.4 Å². The van der Waals surface area contributed by atoms with E-state index in [1.165, 1.54) is 6.92 Å². The summed E-state index contributed by atoms with van der Waals surface area (Å²) in [5.74, 6) is -1.02. The lowest BCUT2D eigenvalue weighted by Gasteiger charge is -2.10. The predicted octanol–water partition coefficient (Wildman–Crippen LogP) is 0.485. The normalized spacial score (nSPS) is 9.65. The SMILES string of the molecule is CC(=O)NCCNC(=S)NCc1ccc(C(=O)O)cc1. The monoisotopic (exact) mass is 295 g/mol. The first-order valence-corrected chi connectivity index (χ1v) is 6.48. The lowest BCUT2D eigenvalue weighted by molar-refractivity contribution is -0.118. The van der Waals surface area contributed by atoms with Gasteiger partial charge in [0.05, 0.1) is 5.56 Å². The quantitative estimate of drug-likeness (QED) is 0.451. The summed E-state index contributed by atoms with van der Waals surface area (Å²) >= 11 is 5.07. The third-order valence-corrected chi connectivity index (χ3v) is 2.73. The highest BCUT2D eigenvalue weighted by molar-refractivity contribution is 7.80. The first kappa shape index (κ1) is 15.9. The fourth-order valence-electron chi connectivity index (χ4n) is 1.42. The molecule has 0 aliphatic carbocycles. The molecule has 1 amide bonds. The van der Waals surface area contributed by atoms with Crippen LogP contribution in [0.5, 0.6) is 0 Å². The molecule has 1 aromatic rings. The number of carboxylic acid groups (broad SMARTS) is 1. The third-order valence-electron chi connectivity index (χ3n) is 2.44. The van der Waals surface area contributed by atoms with E-state index in [2.05, 4.69) is 16.0 Å². The number of hydrogen-bond donors (Lipinski definition) is 4. The van der Waals surface area contributed by atoms with Gasteiger partial charge >= 0.3 is 5.97 Å². The number of carbonyl (C=O) groups excluding carboxylic acids is 1. The van der Waals surface area contributed by atoms with Crippen molar-refractivity contribution in [1.82, 2.24) is 16.0 Å². The smallest absolute Gasteiger partial charge is 0.335 e. The summed E-state index contributed by atoms with van der Waals surface area (Å²) in [5, 5.41) is 17.9. The number of thiocarbonyl (C=S) groups is 1. The van der Waals surface area contributed by atoms with Gasteiger partial charge in [0.15, 0.2) is 5.11 Å². The van der Waals surface area contributed by atoms with Gasteiger partial charge in [0, 0.05) is 26.6 Å². The molecule has 0 fully saturated rings. The molecule has 0 spiro atoms. The molecule has 1 rings (SSSR count). The number of hydrogen-bond acceptors (Lipinski definition) is 3. The van der Waals surface area contributed by atoms with E-state index in [1.807, 2.05) is 0 Å². The molecular weight excluding hydrogens is 278 g/mol. The second kappa shape index (κ2) is 8.11. The fraction of sp³-hybridized carbons (Fsp3) is 0.308. The third kappa shape index (κ3) is 6.14. The largest absolute Gasteiger partial charge is 0.478 e. The number of rotatable bonds is 6. The Hall–Kier alpha value is -2.15. The van der Waals surface area contributed by atoms with E-state index in [9.17, 15) is 9.59 Å². The zero-order valence-corrected chi connectivity index (χ0v) is 11.9. The van der Waals surface area contributed by atoms with E-state index in [4.69, 9.17) is 17.3 Å².